The topological polar surface area (TPSA) is 139 Å². The van der Waals surface area contributed by atoms with Crippen LogP contribution >= 0.6 is 0 Å². The van der Waals surface area contributed by atoms with Gasteiger partial charge in [-0.25, -0.2) is 13.5 Å². The number of nitrogens with zero attached hydrogens (tertiary/aromatic N) is 2. The molecule has 2 aromatic carbocycles. The molecule has 3 aromatic rings. The first-order valence-corrected chi connectivity index (χ1v) is 12.7. The number of sulfonamides is 1. The minimum atomic E-state index is -3.65. The molecular weight excluding hydrogens is 472 g/mol. The second kappa shape index (κ2) is 10.4. The van der Waals surface area contributed by atoms with E-state index < -0.39 is 28.5 Å². The van der Waals surface area contributed by atoms with Gasteiger partial charge in [0.15, 0.2) is 6.61 Å². The molecule has 0 bridgehead atoms. The lowest BCUT2D eigenvalue weighted by atomic mass is 10.1. The number of aromatic amines is 1. The maximum Gasteiger partial charge on any atom is 0.312 e. The van der Waals surface area contributed by atoms with E-state index in [9.17, 15) is 22.8 Å². The van der Waals surface area contributed by atoms with Gasteiger partial charge in [0.2, 0.25) is 10.0 Å². The number of benzene rings is 2. The number of amides is 1. The number of piperidine rings is 1. The van der Waals surface area contributed by atoms with Crippen LogP contribution in [0.1, 0.15) is 30.5 Å². The molecule has 0 radical (unpaired) electrons. The number of aryl methyl sites for hydroxylation is 1. The second-order valence-corrected chi connectivity index (χ2v) is 10.3. The highest BCUT2D eigenvalue weighted by atomic mass is 32.2. The van der Waals surface area contributed by atoms with Crippen molar-refractivity contribution in [1.29, 1.82) is 0 Å². The molecule has 1 aliphatic heterocycles. The van der Waals surface area contributed by atoms with Crippen LogP contribution in [0.4, 0.5) is 5.69 Å². The van der Waals surface area contributed by atoms with Gasteiger partial charge in [-0.05, 0) is 43.5 Å². The maximum absolute atomic E-state index is 13.0. The summed E-state index contributed by atoms with van der Waals surface area (Å²) < 4.78 is 32.5. The number of aromatic nitrogens is 2. The Balaban J connectivity index is 1.39. The Labute approximate surface area is 202 Å². The van der Waals surface area contributed by atoms with Gasteiger partial charge < -0.3 is 10.1 Å². The van der Waals surface area contributed by atoms with Gasteiger partial charge in [0, 0.05) is 24.2 Å². The van der Waals surface area contributed by atoms with Crippen molar-refractivity contribution in [3.05, 3.63) is 64.1 Å². The third kappa shape index (κ3) is 5.57. The number of hydrogen-bond donors (Lipinski definition) is 2. The Kier molecular flexibility index (Phi) is 7.27. The molecule has 1 saturated heterocycles. The smallest absolute Gasteiger partial charge is 0.312 e. The lowest BCUT2D eigenvalue weighted by Crippen LogP contribution is -2.35. The molecule has 1 amide bonds. The molecule has 11 heteroatoms. The van der Waals surface area contributed by atoms with Crippen LogP contribution < -0.4 is 10.9 Å². The molecule has 35 heavy (non-hydrogen) atoms. The molecule has 184 valence electrons. The first-order valence-electron chi connectivity index (χ1n) is 11.3. The van der Waals surface area contributed by atoms with E-state index in [1.165, 1.54) is 16.4 Å². The van der Waals surface area contributed by atoms with E-state index in [-0.39, 0.29) is 16.9 Å². The monoisotopic (exact) mass is 498 g/mol. The molecule has 2 N–H and O–H groups in total. The van der Waals surface area contributed by atoms with Gasteiger partial charge in [-0.2, -0.15) is 9.40 Å². The number of ether oxygens (including phenoxy) is 1. The predicted octanol–water partition coefficient (Wildman–Crippen LogP) is 2.13. The molecule has 1 fully saturated rings. The Hall–Kier alpha value is -3.57. The van der Waals surface area contributed by atoms with E-state index in [2.05, 4.69) is 15.5 Å². The van der Waals surface area contributed by atoms with Crippen molar-refractivity contribution in [1.82, 2.24) is 14.5 Å². The summed E-state index contributed by atoms with van der Waals surface area (Å²) in [5.74, 6) is -1.30. The Morgan fingerprint density at radius 3 is 2.54 bits per heavy atom. The first-order chi connectivity index (χ1) is 16.8. The number of fused-ring (bicyclic) bond motifs is 1. The molecule has 0 unspecified atom stereocenters. The fourth-order valence-electron chi connectivity index (χ4n) is 3.98. The van der Waals surface area contributed by atoms with E-state index in [0.717, 1.165) is 19.3 Å². The van der Waals surface area contributed by atoms with Crippen LogP contribution in [0.2, 0.25) is 0 Å². The normalized spacial score (nSPS) is 14.5. The number of rotatable bonds is 7. The number of nitrogens with one attached hydrogen (secondary N) is 2. The van der Waals surface area contributed by atoms with Crippen molar-refractivity contribution in [3.63, 3.8) is 0 Å². The number of esters is 1. The summed E-state index contributed by atoms with van der Waals surface area (Å²) in [6.45, 7) is 2.15. The molecule has 10 nitrogen and oxygen atoms in total. The standard InChI is InChI=1S/C24H26N4O6S/c1-16-9-10-17(35(32,33)28-11-5-2-6-12-28)13-20(16)25-22(29)15-34-23(30)14-21-18-7-3-4-8-19(18)24(31)27-26-21/h3-4,7-10,13H,2,5-6,11-12,14-15H2,1H3,(H,25,29)(H,27,31). The summed E-state index contributed by atoms with van der Waals surface area (Å²) in [6, 6.07) is 11.3. The maximum atomic E-state index is 13.0. The summed E-state index contributed by atoms with van der Waals surface area (Å²) >= 11 is 0. The highest BCUT2D eigenvalue weighted by Gasteiger charge is 2.26. The van der Waals surface area contributed by atoms with E-state index in [0.29, 0.717) is 40.8 Å². The third-order valence-electron chi connectivity index (χ3n) is 5.89. The lowest BCUT2D eigenvalue weighted by molar-refractivity contribution is -0.146. The quantitative estimate of drug-likeness (QED) is 0.476. The van der Waals surface area contributed by atoms with Gasteiger partial charge in [-0.1, -0.05) is 30.7 Å². The first kappa shape index (κ1) is 24.6. The van der Waals surface area contributed by atoms with Crippen LogP contribution in [0.15, 0.2) is 52.2 Å². The Morgan fingerprint density at radius 2 is 1.80 bits per heavy atom. The average Bonchev–Trinajstić information content (AvgIpc) is 2.86. The van der Waals surface area contributed by atoms with E-state index in [1.807, 2.05) is 0 Å². The molecule has 1 aromatic heterocycles. The van der Waals surface area contributed by atoms with Gasteiger partial charge in [0.1, 0.15) is 0 Å². The van der Waals surface area contributed by atoms with Crippen LogP contribution in [-0.2, 0) is 30.8 Å². The van der Waals surface area contributed by atoms with Gasteiger partial charge in [-0.15, -0.1) is 0 Å². The van der Waals surface area contributed by atoms with E-state index >= 15 is 0 Å². The van der Waals surface area contributed by atoms with Crippen molar-refractivity contribution in [2.75, 3.05) is 25.0 Å². The SMILES string of the molecule is Cc1ccc(S(=O)(=O)N2CCCCC2)cc1NC(=O)COC(=O)Cc1n[nH]c(=O)c2ccccc12. The Bertz CT molecular complexity index is 1430. The fourth-order valence-corrected chi connectivity index (χ4v) is 5.52. The minimum Gasteiger partial charge on any atom is -0.455 e. The summed E-state index contributed by atoms with van der Waals surface area (Å²) in [7, 11) is -3.65. The number of hydrogen-bond acceptors (Lipinski definition) is 7. The molecule has 0 spiro atoms. The highest BCUT2D eigenvalue weighted by molar-refractivity contribution is 7.89. The summed E-state index contributed by atoms with van der Waals surface area (Å²) in [4.78, 5) is 36.7. The van der Waals surface area contributed by atoms with Crippen molar-refractivity contribution >= 4 is 38.4 Å². The third-order valence-corrected chi connectivity index (χ3v) is 7.78. The van der Waals surface area contributed by atoms with Gasteiger partial charge in [0.05, 0.1) is 22.4 Å². The van der Waals surface area contributed by atoms with E-state index in [4.69, 9.17) is 4.74 Å². The molecule has 0 aliphatic carbocycles. The van der Waals surface area contributed by atoms with Gasteiger partial charge >= 0.3 is 5.97 Å². The predicted molar refractivity (Wildman–Crippen MR) is 129 cm³/mol. The number of H-pyrrole nitrogens is 1. The van der Waals surface area contributed by atoms with Crippen LogP contribution in [0.25, 0.3) is 10.8 Å². The number of carbonyl (C=O) groups excluding carboxylic acids is 2. The van der Waals surface area contributed by atoms with Gasteiger partial charge in [-0.3, -0.25) is 14.4 Å². The molecular formula is C24H26N4O6S. The second-order valence-electron chi connectivity index (χ2n) is 8.37. The molecule has 0 saturated carbocycles. The van der Waals surface area contributed by atoms with Crippen molar-refractivity contribution in [2.24, 2.45) is 0 Å². The average molecular weight is 499 g/mol. The summed E-state index contributed by atoms with van der Waals surface area (Å²) in [5, 5.41) is 9.82. The lowest BCUT2D eigenvalue weighted by Gasteiger charge is -2.26. The summed E-state index contributed by atoms with van der Waals surface area (Å²) in [5.41, 5.74) is 0.970. The molecule has 1 aliphatic rings. The molecule has 0 atom stereocenters. The van der Waals surface area contributed by atoms with Gasteiger partial charge in [0.25, 0.3) is 11.5 Å². The van der Waals surface area contributed by atoms with Crippen molar-refractivity contribution in [3.8, 4) is 0 Å². The molecule has 2 heterocycles. The van der Waals surface area contributed by atoms with Crippen LogP contribution in [0.3, 0.4) is 0 Å². The minimum absolute atomic E-state index is 0.105. The largest absolute Gasteiger partial charge is 0.455 e. The number of anilines is 1. The molecule has 4 rings (SSSR count). The zero-order valence-electron chi connectivity index (χ0n) is 19.2. The number of carbonyl (C=O) groups is 2. The van der Waals surface area contributed by atoms with E-state index in [1.54, 1.807) is 37.3 Å². The highest BCUT2D eigenvalue weighted by Crippen LogP contribution is 2.25. The zero-order valence-corrected chi connectivity index (χ0v) is 20.1. The zero-order chi connectivity index (χ0) is 25.0. The fraction of sp³-hybridized carbons (Fsp3) is 0.333. The van der Waals surface area contributed by atoms with Crippen molar-refractivity contribution < 1.29 is 22.7 Å². The van der Waals surface area contributed by atoms with Crippen LogP contribution in [0.5, 0.6) is 0 Å². The van der Waals surface area contributed by atoms with Crippen LogP contribution in [-0.4, -0.2) is 54.5 Å². The van der Waals surface area contributed by atoms with Crippen molar-refractivity contribution in [2.45, 2.75) is 37.5 Å². The van der Waals surface area contributed by atoms with Crippen LogP contribution in [0, 0.1) is 6.92 Å². The Morgan fingerprint density at radius 1 is 1.09 bits per heavy atom. The summed E-state index contributed by atoms with van der Waals surface area (Å²) in [6.07, 6.45) is 2.43.